The first-order valence-electron chi connectivity index (χ1n) is 41.6. The number of carbonyl (C=O) groups is 5. The average molecular weight is 2550 g/mol. The van der Waals surface area contributed by atoms with E-state index in [0.717, 1.165) is 193 Å². The number of halogens is 7. The fourth-order valence-electron chi connectivity index (χ4n) is 10.8. The quantitative estimate of drug-likeness (QED) is 0.00525. The standard InChI is InChI=1S/C16H24N2O3.C16H20N2O3.C14H16N2O2.C12H16I2N2O3.C12H16N2O3.C7H8I2N2O.C7H7IN2O.C5H3I2NO/c2*1-2-3-11-21-15(19)7-5-4-6-13-8-9-14-16(18-13)17-10-12-20-14;1-2-18-14(17)8-12(15)11-7-10-5-3-4-6-13(10)16-9-11;1-12(2,3)19-11(17)15-6-7-18-8-4-5-9(13)16-10(8)14;15-11(16)4-2-1-3-9-5-6-10-12(14-9)13-7-8-17-10;8-6-2-1-5(7(9)11-6)12-4-3-10;8-6-2-1-5-7(10-6)9-3-4-11-5;6-4-2-1-3(9)5(7)8-4/h8-9H,2-7,10-12H2,1H3,(H,17,18);8-9H,2-3,5,7,10-12H2,1H3,(H,17,18);3-7,9,12H,2,8,15H2,1H3;4-5H,6-7H2,1-3H3,(H,15,17);5-6H,1-4,7-8H2,(H,13,14)(H,15,16);1-2H,3-4,10H2;1-2H,3-4H2,(H,9,10);1-2,9H/t;;12-;;;;;/m..0...../s1. The van der Waals surface area contributed by atoms with Gasteiger partial charge in [0.15, 0.2) is 57.8 Å². The van der Waals surface area contributed by atoms with Gasteiger partial charge in [-0.05, 0) is 346 Å². The van der Waals surface area contributed by atoms with Gasteiger partial charge < -0.3 is 95.6 Å². The Kier molecular flexibility index (Phi) is 53.2. The smallest absolute Gasteiger partial charge is 0.407 e. The summed E-state index contributed by atoms with van der Waals surface area (Å²) < 4.78 is 58.9. The third-order valence-electron chi connectivity index (χ3n) is 16.9. The molecule has 0 spiro atoms. The van der Waals surface area contributed by atoms with E-state index in [-0.39, 0.29) is 42.5 Å². The third kappa shape index (κ3) is 45.4. The molecule has 692 valence electrons. The lowest BCUT2D eigenvalue weighted by Gasteiger charge is -2.19. The maximum absolute atomic E-state index is 11.5. The Morgan fingerprint density at radius 3 is 1.52 bits per heavy atom. The molecule has 13 rings (SSSR count). The average Bonchev–Trinajstić information content (AvgIpc) is 0.829. The summed E-state index contributed by atoms with van der Waals surface area (Å²) in [6.07, 6.45) is 11.9. The minimum atomic E-state index is -0.738. The van der Waals surface area contributed by atoms with E-state index in [1.54, 1.807) is 25.3 Å². The second kappa shape index (κ2) is 62.5. The van der Waals surface area contributed by atoms with Gasteiger partial charge in [-0.2, -0.15) is 0 Å². The monoisotopic (exact) mass is 2550 g/mol. The highest BCUT2D eigenvalue weighted by Crippen LogP contribution is 2.30. The van der Waals surface area contributed by atoms with Gasteiger partial charge in [-0.15, -0.1) is 0 Å². The highest BCUT2D eigenvalue weighted by Gasteiger charge is 2.19. The topological polar surface area (TPSA) is 433 Å². The van der Waals surface area contributed by atoms with E-state index in [1.807, 2.05) is 146 Å². The number of aliphatic carboxylic acids is 1. The number of aromatic nitrogens is 8. The number of aryl methyl sites for hydroxylation is 2. The van der Waals surface area contributed by atoms with Gasteiger partial charge in [0.2, 0.25) is 0 Å². The number of nitrogens with zero attached hydrogens (tertiary/aromatic N) is 8. The molecule has 0 aliphatic carbocycles. The number of pyridine rings is 8. The number of nitrogens with two attached hydrogens (primary N) is 2. The van der Waals surface area contributed by atoms with Crippen LogP contribution in [0.4, 0.5) is 28.1 Å². The lowest BCUT2D eigenvalue weighted by Crippen LogP contribution is -2.34. The van der Waals surface area contributed by atoms with Gasteiger partial charge in [0.25, 0.3) is 0 Å². The number of esters is 3. The zero-order valence-corrected chi connectivity index (χ0v) is 87.3. The maximum Gasteiger partial charge on any atom is 0.407 e. The van der Waals surface area contributed by atoms with E-state index in [4.69, 9.17) is 69.0 Å². The van der Waals surface area contributed by atoms with Gasteiger partial charge >= 0.3 is 30.0 Å². The number of benzene rings is 1. The Bertz CT molecular complexity index is 5000. The van der Waals surface area contributed by atoms with Crippen LogP contribution in [0.15, 0.2) is 121 Å². The normalized spacial score (nSPS) is 12.1. The van der Waals surface area contributed by atoms with Crippen LogP contribution in [0.3, 0.4) is 0 Å². The largest absolute Gasteiger partial charge is 0.505 e. The molecule has 0 radical (unpaired) electrons. The summed E-state index contributed by atoms with van der Waals surface area (Å²) >= 11 is 14.8. The lowest BCUT2D eigenvalue weighted by atomic mass is 10.0. The Morgan fingerprint density at radius 2 is 1.01 bits per heavy atom. The van der Waals surface area contributed by atoms with Crippen molar-refractivity contribution in [1.82, 2.24) is 45.2 Å². The van der Waals surface area contributed by atoms with Gasteiger partial charge in [-0.25, -0.2) is 39.7 Å². The molecule has 0 unspecified atom stereocenters. The molecule has 4 aliphatic heterocycles. The Hall–Kier alpha value is -7.78. The molecule has 128 heavy (non-hydrogen) atoms. The summed E-state index contributed by atoms with van der Waals surface area (Å²) in [4.78, 5) is 90.4. The third-order valence-corrected chi connectivity index (χ3v) is 21.7. The van der Waals surface area contributed by atoms with Crippen LogP contribution in [0.5, 0.6) is 40.2 Å². The molecule has 8 aromatic heterocycles. The van der Waals surface area contributed by atoms with Gasteiger partial charge in [-0.1, -0.05) is 50.8 Å². The Balaban J connectivity index is 0.000000228. The molecule has 0 saturated heterocycles. The minimum Gasteiger partial charge on any atom is -0.505 e. The maximum atomic E-state index is 11.5. The van der Waals surface area contributed by atoms with Crippen LogP contribution in [-0.2, 0) is 51.0 Å². The van der Waals surface area contributed by atoms with Crippen LogP contribution in [0.25, 0.3) is 10.9 Å². The minimum absolute atomic E-state index is 0.0862. The molecule has 4 aliphatic rings. The molecule has 12 heterocycles. The van der Waals surface area contributed by atoms with Crippen LogP contribution in [0.1, 0.15) is 154 Å². The van der Waals surface area contributed by atoms with Crippen LogP contribution in [0, 0.1) is 37.7 Å². The van der Waals surface area contributed by atoms with E-state index in [1.165, 1.54) is 0 Å². The number of ether oxygens (including phenoxy) is 10. The highest BCUT2D eigenvalue weighted by atomic mass is 127. The van der Waals surface area contributed by atoms with Crippen LogP contribution in [-0.4, -0.2) is 184 Å². The van der Waals surface area contributed by atoms with Crippen LogP contribution in [0.2, 0.25) is 0 Å². The molecule has 0 fully saturated rings. The van der Waals surface area contributed by atoms with Crippen molar-refractivity contribution >= 4 is 222 Å². The number of hydrogen-bond donors (Lipinski definition) is 9. The van der Waals surface area contributed by atoms with Crippen LogP contribution >= 0.6 is 158 Å². The van der Waals surface area contributed by atoms with Crippen molar-refractivity contribution in [3.8, 4) is 52.1 Å². The first kappa shape index (κ1) is 109. The zero-order valence-electron chi connectivity index (χ0n) is 72.2. The number of para-hydroxylation sites is 1. The number of anilines is 4. The van der Waals surface area contributed by atoms with E-state index in [9.17, 15) is 24.0 Å². The van der Waals surface area contributed by atoms with Crippen molar-refractivity contribution in [3.05, 3.63) is 170 Å². The number of hydrogen-bond acceptors (Lipinski definition) is 30. The Morgan fingerprint density at radius 1 is 0.531 bits per heavy atom. The lowest BCUT2D eigenvalue weighted by molar-refractivity contribution is -0.144. The predicted octanol–water partition coefficient (Wildman–Crippen LogP) is 17.5. The second-order valence-electron chi connectivity index (χ2n) is 28.5. The molecule has 11 N–H and O–H groups in total. The summed E-state index contributed by atoms with van der Waals surface area (Å²) in [5, 5.41) is 33.9. The predicted molar refractivity (Wildman–Crippen MR) is 551 cm³/mol. The molecule has 0 bridgehead atoms. The van der Waals surface area contributed by atoms with Gasteiger partial charge in [0, 0.05) is 54.8 Å². The Labute approximate surface area is 843 Å². The van der Waals surface area contributed by atoms with Crippen molar-refractivity contribution in [2.75, 3.05) is 120 Å². The number of aromatic hydroxyl groups is 1. The number of carbonyl (C=O) groups excluding carboxylic acids is 4. The van der Waals surface area contributed by atoms with E-state index in [2.05, 4.69) is 228 Å². The second-order valence-corrected chi connectivity index (χ2v) is 35.9. The fraction of sp³-hybridized carbons (Fsp3) is 0.427. The van der Waals surface area contributed by atoms with E-state index >= 15 is 0 Å². The summed E-state index contributed by atoms with van der Waals surface area (Å²) in [5.41, 5.74) is 15.3. The molecule has 1 atom stereocenters. The van der Waals surface area contributed by atoms with E-state index < -0.39 is 17.7 Å². The number of amides is 1. The van der Waals surface area contributed by atoms with Crippen molar-refractivity contribution in [2.24, 2.45) is 11.5 Å². The number of carboxylic acid groups (broad SMARTS) is 1. The molecule has 1 amide bonds. The fourth-order valence-corrected chi connectivity index (χ4v) is 15.5. The van der Waals surface area contributed by atoms with Crippen LogP contribution < -0.4 is 66.5 Å². The number of alkyl carbamates (subject to hydrolysis) is 1. The molecular weight excluding hydrogens is 2440 g/mol. The molecule has 9 aromatic rings. The summed E-state index contributed by atoms with van der Waals surface area (Å²) in [7, 11) is 0. The van der Waals surface area contributed by atoms with Gasteiger partial charge in [0.05, 0.1) is 70.9 Å². The summed E-state index contributed by atoms with van der Waals surface area (Å²) in [6, 6.07) is 35.7. The molecule has 39 heteroatoms. The van der Waals surface area contributed by atoms with Gasteiger partial charge in [-0.3, -0.25) is 24.2 Å². The molecule has 32 nitrogen and oxygen atoms in total. The number of rotatable bonds is 29. The van der Waals surface area contributed by atoms with Crippen molar-refractivity contribution < 1.29 is 81.6 Å². The number of nitrogens with one attached hydrogen (secondary N) is 5. The highest BCUT2D eigenvalue weighted by molar-refractivity contribution is 14.1. The SMILES string of the molecule is CC(C)(C)OC(=O)NCCOc1ccc(I)nc1I.CCCCOC(=O)CCC#Cc1ccc2c(n1)NCCO2.CCCCOC(=O)CCCCc1ccc2c(n1)NCCO2.CCOC(=O)C[C@H](N)c1cnc2ccccc2c1.Ic1ccc2c(n1)NCCO2.NCCOc1ccc(I)nc1I.O=C(O)CCCCc1ccc2c(n1)NCCO2.Oc1ccc(I)nc1I. The summed E-state index contributed by atoms with van der Waals surface area (Å²) in [5.74, 6) is 12.8. The molecular formula is C89H110I7N15O17. The molecule has 1 aromatic carbocycles. The van der Waals surface area contributed by atoms with Crippen molar-refractivity contribution in [1.29, 1.82) is 0 Å². The first-order chi connectivity index (χ1) is 61.6. The number of unbranched alkanes of at least 4 members (excludes halogenated alkanes) is 4. The zero-order chi connectivity index (χ0) is 92.9. The van der Waals surface area contributed by atoms with E-state index in [0.29, 0.717) is 107 Å². The number of fused-ring (bicyclic) bond motifs is 5. The molecule has 0 saturated carbocycles. The van der Waals surface area contributed by atoms with Crippen molar-refractivity contribution in [3.63, 3.8) is 0 Å². The summed E-state index contributed by atoms with van der Waals surface area (Å²) in [6.45, 7) is 20.6. The number of carboxylic acids is 1. The van der Waals surface area contributed by atoms with Gasteiger partial charge in [0.1, 0.15) is 82.6 Å². The van der Waals surface area contributed by atoms with Crippen molar-refractivity contribution in [2.45, 2.75) is 149 Å². The first-order valence-corrected chi connectivity index (χ1v) is 49.2.